The highest BCUT2D eigenvalue weighted by molar-refractivity contribution is 5.25. The van der Waals surface area contributed by atoms with Gasteiger partial charge in [-0.05, 0) is 19.3 Å². The minimum Gasteiger partial charge on any atom is -0.480 e. The van der Waals surface area contributed by atoms with E-state index in [0.717, 1.165) is 25.9 Å². The van der Waals surface area contributed by atoms with E-state index in [0.29, 0.717) is 17.5 Å². The Labute approximate surface area is 106 Å². The number of methoxy groups -OCH3 is 2. The summed E-state index contributed by atoms with van der Waals surface area (Å²) in [6.07, 6.45) is 4.65. The zero-order chi connectivity index (χ0) is 13.0. The van der Waals surface area contributed by atoms with E-state index in [1.54, 1.807) is 13.3 Å². The number of nitrogens with zero attached hydrogens (tertiary/aromatic N) is 2. The van der Waals surface area contributed by atoms with Crippen molar-refractivity contribution in [3.8, 4) is 11.8 Å². The molecular formula is C12H19N3O3. The van der Waals surface area contributed by atoms with Gasteiger partial charge >= 0.3 is 0 Å². The fourth-order valence-corrected chi connectivity index (χ4v) is 2.09. The minimum absolute atomic E-state index is 0.216. The van der Waals surface area contributed by atoms with Crippen LogP contribution in [0.3, 0.4) is 0 Å². The van der Waals surface area contributed by atoms with Crippen molar-refractivity contribution in [3.05, 3.63) is 11.9 Å². The Morgan fingerprint density at radius 2 is 2.33 bits per heavy atom. The summed E-state index contributed by atoms with van der Waals surface area (Å²) in [7, 11) is 3.08. The highest BCUT2D eigenvalue weighted by Crippen LogP contribution is 2.27. The molecule has 100 valence electrons. The molecule has 1 saturated heterocycles. The first-order valence-electron chi connectivity index (χ1n) is 6.06. The fourth-order valence-electron chi connectivity index (χ4n) is 2.09. The number of aromatic nitrogens is 2. The largest absolute Gasteiger partial charge is 0.480 e. The SMILES string of the molecule is COc1cnc(C(N)CC2CCCO2)c(OC)n1. The average molecular weight is 253 g/mol. The Kier molecular flexibility index (Phi) is 4.33. The second-order valence-corrected chi connectivity index (χ2v) is 4.28. The van der Waals surface area contributed by atoms with Crippen LogP contribution in [0.15, 0.2) is 6.20 Å². The second kappa shape index (κ2) is 5.97. The number of ether oxygens (including phenoxy) is 3. The van der Waals surface area contributed by atoms with Gasteiger partial charge in [0.1, 0.15) is 5.69 Å². The Bertz CT molecular complexity index is 394. The first-order valence-corrected chi connectivity index (χ1v) is 6.06. The quantitative estimate of drug-likeness (QED) is 0.845. The van der Waals surface area contributed by atoms with Crippen LogP contribution in [0.25, 0.3) is 0 Å². The van der Waals surface area contributed by atoms with Gasteiger partial charge < -0.3 is 19.9 Å². The van der Waals surface area contributed by atoms with Gasteiger partial charge in [0.15, 0.2) is 0 Å². The molecule has 0 radical (unpaired) electrons. The monoisotopic (exact) mass is 253 g/mol. The van der Waals surface area contributed by atoms with Crippen molar-refractivity contribution in [2.24, 2.45) is 5.73 Å². The molecule has 1 aliphatic rings. The maximum atomic E-state index is 6.14. The number of hydrogen-bond donors (Lipinski definition) is 1. The molecule has 0 spiro atoms. The third-order valence-corrected chi connectivity index (χ3v) is 3.04. The maximum Gasteiger partial charge on any atom is 0.240 e. The fraction of sp³-hybridized carbons (Fsp3) is 0.667. The predicted molar refractivity (Wildman–Crippen MR) is 65.7 cm³/mol. The van der Waals surface area contributed by atoms with Gasteiger partial charge in [-0.15, -0.1) is 0 Å². The summed E-state index contributed by atoms with van der Waals surface area (Å²) < 4.78 is 15.8. The van der Waals surface area contributed by atoms with Crippen LogP contribution in [0.2, 0.25) is 0 Å². The van der Waals surface area contributed by atoms with Crippen LogP contribution in [-0.2, 0) is 4.74 Å². The first-order chi connectivity index (χ1) is 8.74. The third kappa shape index (κ3) is 2.88. The van der Waals surface area contributed by atoms with Crippen molar-refractivity contribution in [3.63, 3.8) is 0 Å². The number of hydrogen-bond acceptors (Lipinski definition) is 6. The van der Waals surface area contributed by atoms with Crippen LogP contribution in [-0.4, -0.2) is 36.9 Å². The molecule has 1 fully saturated rings. The molecule has 2 N–H and O–H groups in total. The summed E-state index contributed by atoms with van der Waals surface area (Å²) in [6.45, 7) is 0.822. The van der Waals surface area contributed by atoms with Crippen LogP contribution >= 0.6 is 0 Å². The molecule has 2 atom stereocenters. The van der Waals surface area contributed by atoms with Gasteiger partial charge in [-0.1, -0.05) is 0 Å². The van der Waals surface area contributed by atoms with Crippen molar-refractivity contribution < 1.29 is 14.2 Å². The maximum absolute atomic E-state index is 6.14. The van der Waals surface area contributed by atoms with E-state index in [4.69, 9.17) is 19.9 Å². The van der Waals surface area contributed by atoms with Gasteiger partial charge in [0.25, 0.3) is 0 Å². The highest BCUT2D eigenvalue weighted by atomic mass is 16.5. The molecule has 0 aliphatic carbocycles. The standard InChI is InChI=1S/C12H19N3O3/c1-16-10-7-14-11(12(15-10)17-2)9(13)6-8-4-3-5-18-8/h7-9H,3-6,13H2,1-2H3. The van der Waals surface area contributed by atoms with Crippen LogP contribution in [0.1, 0.15) is 31.0 Å². The van der Waals surface area contributed by atoms with Crippen LogP contribution in [0.4, 0.5) is 0 Å². The smallest absolute Gasteiger partial charge is 0.240 e. The molecule has 18 heavy (non-hydrogen) atoms. The topological polar surface area (TPSA) is 79.5 Å². The molecular weight excluding hydrogens is 234 g/mol. The van der Waals surface area contributed by atoms with Crippen molar-refractivity contribution in [2.75, 3.05) is 20.8 Å². The predicted octanol–water partition coefficient (Wildman–Crippen LogP) is 1.06. The molecule has 2 rings (SSSR count). The number of rotatable bonds is 5. The third-order valence-electron chi connectivity index (χ3n) is 3.04. The molecule has 1 aliphatic heterocycles. The lowest BCUT2D eigenvalue weighted by atomic mass is 10.0. The van der Waals surface area contributed by atoms with Gasteiger partial charge in [-0.3, -0.25) is 0 Å². The Morgan fingerprint density at radius 1 is 1.50 bits per heavy atom. The lowest BCUT2D eigenvalue weighted by Crippen LogP contribution is -2.20. The Balaban J connectivity index is 2.10. The zero-order valence-corrected chi connectivity index (χ0v) is 10.8. The van der Waals surface area contributed by atoms with Crippen molar-refractivity contribution in [1.29, 1.82) is 0 Å². The lowest BCUT2D eigenvalue weighted by molar-refractivity contribution is 0.0976. The van der Waals surface area contributed by atoms with E-state index in [1.807, 2.05) is 0 Å². The van der Waals surface area contributed by atoms with Gasteiger partial charge in [0.2, 0.25) is 11.8 Å². The van der Waals surface area contributed by atoms with Gasteiger partial charge in [-0.2, -0.15) is 4.98 Å². The molecule has 0 saturated carbocycles. The van der Waals surface area contributed by atoms with E-state index in [9.17, 15) is 0 Å². The van der Waals surface area contributed by atoms with E-state index in [2.05, 4.69) is 9.97 Å². The van der Waals surface area contributed by atoms with Crippen molar-refractivity contribution in [2.45, 2.75) is 31.4 Å². The lowest BCUT2D eigenvalue weighted by Gasteiger charge is -2.17. The van der Waals surface area contributed by atoms with Crippen molar-refractivity contribution in [1.82, 2.24) is 9.97 Å². The van der Waals surface area contributed by atoms with E-state index in [1.165, 1.54) is 7.11 Å². The molecule has 1 aromatic heterocycles. The van der Waals surface area contributed by atoms with E-state index in [-0.39, 0.29) is 12.1 Å². The summed E-state index contributed by atoms with van der Waals surface area (Å²) >= 11 is 0. The first kappa shape index (κ1) is 13.0. The molecule has 2 heterocycles. The minimum atomic E-state index is -0.235. The second-order valence-electron chi connectivity index (χ2n) is 4.28. The molecule has 6 heteroatoms. The summed E-state index contributed by atoms with van der Waals surface area (Å²) in [5.74, 6) is 0.833. The summed E-state index contributed by atoms with van der Waals surface area (Å²) in [5, 5.41) is 0. The Hall–Kier alpha value is -1.40. The highest BCUT2D eigenvalue weighted by Gasteiger charge is 2.23. The van der Waals surface area contributed by atoms with Crippen LogP contribution in [0.5, 0.6) is 11.8 Å². The summed E-state index contributed by atoms with van der Waals surface area (Å²) in [6, 6.07) is -0.235. The van der Waals surface area contributed by atoms with Crippen molar-refractivity contribution >= 4 is 0 Å². The molecule has 1 aromatic rings. The molecule has 2 unspecified atom stereocenters. The van der Waals surface area contributed by atoms with E-state index < -0.39 is 0 Å². The van der Waals surface area contributed by atoms with Gasteiger partial charge in [0.05, 0.1) is 32.6 Å². The van der Waals surface area contributed by atoms with E-state index >= 15 is 0 Å². The summed E-state index contributed by atoms with van der Waals surface area (Å²) in [4.78, 5) is 8.45. The van der Waals surface area contributed by atoms with Crippen LogP contribution in [0, 0.1) is 0 Å². The van der Waals surface area contributed by atoms with Gasteiger partial charge in [-0.25, -0.2) is 4.98 Å². The Morgan fingerprint density at radius 3 is 2.94 bits per heavy atom. The molecule has 0 amide bonds. The average Bonchev–Trinajstić information content (AvgIpc) is 2.90. The molecule has 6 nitrogen and oxygen atoms in total. The molecule has 0 bridgehead atoms. The molecule has 0 aromatic carbocycles. The normalized spacial score (nSPS) is 20.7. The van der Waals surface area contributed by atoms with Crippen LogP contribution < -0.4 is 15.2 Å². The summed E-state index contributed by atoms with van der Waals surface area (Å²) in [5.41, 5.74) is 6.79. The van der Waals surface area contributed by atoms with Gasteiger partial charge in [0, 0.05) is 6.61 Å². The zero-order valence-electron chi connectivity index (χ0n) is 10.8. The number of nitrogens with two attached hydrogens (primary N) is 1.